The molecule has 0 aliphatic rings. The van der Waals surface area contributed by atoms with E-state index in [-0.39, 0.29) is 5.95 Å². The van der Waals surface area contributed by atoms with Gasteiger partial charge in [-0.1, -0.05) is 0 Å². The Labute approximate surface area is 93.4 Å². The summed E-state index contributed by atoms with van der Waals surface area (Å²) in [5, 5.41) is 3.95. The molecular weight excluding hydrogens is 264 g/mol. The first-order valence-corrected chi connectivity index (χ1v) is 4.74. The van der Waals surface area contributed by atoms with Gasteiger partial charge in [0.1, 0.15) is 6.33 Å². The van der Waals surface area contributed by atoms with Crippen LogP contribution in [0.2, 0.25) is 0 Å². The van der Waals surface area contributed by atoms with Gasteiger partial charge in [-0.05, 0) is 15.9 Å². The molecule has 8 heteroatoms. The van der Waals surface area contributed by atoms with E-state index in [2.05, 4.69) is 36.0 Å². The Morgan fingerprint density at radius 2 is 2.27 bits per heavy atom. The second kappa shape index (κ2) is 3.81. The maximum absolute atomic E-state index is 5.44. The van der Waals surface area contributed by atoms with Crippen LogP contribution >= 0.6 is 15.9 Å². The summed E-state index contributed by atoms with van der Waals surface area (Å²) in [6, 6.07) is 1.62. The smallest absolute Gasteiger partial charge is 0.240 e. The molecule has 0 bridgehead atoms. The highest BCUT2D eigenvalue weighted by Crippen LogP contribution is 2.15. The summed E-state index contributed by atoms with van der Waals surface area (Å²) in [5.74, 6) is 1.14. The highest BCUT2D eigenvalue weighted by molar-refractivity contribution is 9.10. The van der Waals surface area contributed by atoms with Crippen molar-refractivity contribution < 1.29 is 4.74 Å². The van der Waals surface area contributed by atoms with Crippen LogP contribution in [0.3, 0.4) is 0 Å². The molecule has 2 heterocycles. The highest BCUT2D eigenvalue weighted by Gasteiger charge is 2.09. The molecule has 2 N–H and O–H groups in total. The average molecular weight is 271 g/mol. The predicted molar refractivity (Wildman–Crippen MR) is 55.6 cm³/mol. The van der Waals surface area contributed by atoms with Crippen molar-refractivity contribution in [1.29, 1.82) is 0 Å². The van der Waals surface area contributed by atoms with Crippen LogP contribution in [0.1, 0.15) is 0 Å². The standard InChI is InChI=1S/C7H7BrN6O/c1-15-5-2-4(10-3-11-5)14-6(8)12-7(9)13-14/h2-3H,1H3,(H2,9,13). The summed E-state index contributed by atoms with van der Waals surface area (Å²) in [7, 11) is 1.52. The molecule has 0 aliphatic carbocycles. The zero-order chi connectivity index (χ0) is 10.8. The Morgan fingerprint density at radius 3 is 2.87 bits per heavy atom. The number of hydrogen-bond acceptors (Lipinski definition) is 6. The van der Waals surface area contributed by atoms with Crippen LogP contribution in [-0.4, -0.2) is 31.8 Å². The average Bonchev–Trinajstić information content (AvgIpc) is 2.58. The molecule has 0 unspecified atom stereocenters. The summed E-state index contributed by atoms with van der Waals surface area (Å²) in [4.78, 5) is 11.8. The molecule has 0 spiro atoms. The zero-order valence-electron chi connectivity index (χ0n) is 7.75. The highest BCUT2D eigenvalue weighted by atomic mass is 79.9. The number of nitrogen functional groups attached to an aromatic ring is 1. The fourth-order valence-corrected chi connectivity index (χ4v) is 1.45. The molecule has 0 saturated carbocycles. The number of hydrogen-bond donors (Lipinski definition) is 1. The van der Waals surface area contributed by atoms with Crippen molar-refractivity contribution in [1.82, 2.24) is 24.7 Å². The number of nitrogens with two attached hydrogens (primary N) is 1. The SMILES string of the molecule is COc1cc(-n2nc(N)nc2Br)ncn1. The van der Waals surface area contributed by atoms with Crippen molar-refractivity contribution in [2.24, 2.45) is 0 Å². The third-order valence-electron chi connectivity index (χ3n) is 1.64. The van der Waals surface area contributed by atoms with E-state index in [9.17, 15) is 0 Å². The summed E-state index contributed by atoms with van der Waals surface area (Å²) in [6.45, 7) is 0. The monoisotopic (exact) mass is 270 g/mol. The lowest BCUT2D eigenvalue weighted by Gasteiger charge is -2.02. The number of methoxy groups -OCH3 is 1. The first-order chi connectivity index (χ1) is 7.20. The van der Waals surface area contributed by atoms with Crippen LogP contribution in [0.4, 0.5) is 5.95 Å². The van der Waals surface area contributed by atoms with Crippen LogP contribution in [-0.2, 0) is 0 Å². The lowest BCUT2D eigenvalue weighted by molar-refractivity contribution is 0.396. The Kier molecular flexibility index (Phi) is 2.50. The fourth-order valence-electron chi connectivity index (χ4n) is 1.01. The number of aromatic nitrogens is 5. The van der Waals surface area contributed by atoms with Gasteiger partial charge in [-0.2, -0.15) is 9.67 Å². The second-order valence-electron chi connectivity index (χ2n) is 2.57. The predicted octanol–water partition coefficient (Wildman–Crippen LogP) is 0.411. The maximum atomic E-state index is 5.44. The normalized spacial score (nSPS) is 10.3. The number of ether oxygens (including phenoxy) is 1. The van der Waals surface area contributed by atoms with Crippen LogP contribution in [0.15, 0.2) is 17.1 Å². The third-order valence-corrected chi connectivity index (χ3v) is 2.15. The van der Waals surface area contributed by atoms with Crippen molar-refractivity contribution in [3.05, 3.63) is 17.1 Å². The van der Waals surface area contributed by atoms with Crippen molar-refractivity contribution in [2.45, 2.75) is 0 Å². The van der Waals surface area contributed by atoms with Crippen molar-refractivity contribution in [3.8, 4) is 11.7 Å². The summed E-state index contributed by atoms with van der Waals surface area (Å²) in [6.07, 6.45) is 1.37. The van der Waals surface area contributed by atoms with Crippen LogP contribution in [0.25, 0.3) is 5.82 Å². The minimum absolute atomic E-state index is 0.166. The molecule has 0 atom stereocenters. The molecule has 0 aromatic carbocycles. The van der Waals surface area contributed by atoms with Crippen LogP contribution < -0.4 is 10.5 Å². The summed E-state index contributed by atoms with van der Waals surface area (Å²) in [5.41, 5.74) is 5.44. The van der Waals surface area contributed by atoms with E-state index in [1.54, 1.807) is 6.07 Å². The van der Waals surface area contributed by atoms with Gasteiger partial charge in [-0.15, -0.1) is 5.10 Å². The molecule has 0 saturated heterocycles. The third kappa shape index (κ3) is 1.89. The van der Waals surface area contributed by atoms with Gasteiger partial charge >= 0.3 is 0 Å². The Balaban J connectivity index is 2.49. The van der Waals surface area contributed by atoms with Gasteiger partial charge in [0.05, 0.1) is 7.11 Å². The first-order valence-electron chi connectivity index (χ1n) is 3.95. The van der Waals surface area contributed by atoms with Gasteiger partial charge in [-0.3, -0.25) is 0 Å². The van der Waals surface area contributed by atoms with Gasteiger partial charge in [-0.25, -0.2) is 9.97 Å². The zero-order valence-corrected chi connectivity index (χ0v) is 9.34. The molecule has 7 nitrogen and oxygen atoms in total. The van der Waals surface area contributed by atoms with Gasteiger partial charge in [0.15, 0.2) is 5.82 Å². The number of nitrogens with zero attached hydrogens (tertiary/aromatic N) is 5. The van der Waals surface area contributed by atoms with Crippen molar-refractivity contribution in [2.75, 3.05) is 12.8 Å². The van der Waals surface area contributed by atoms with Gasteiger partial charge in [0.2, 0.25) is 16.6 Å². The molecule has 15 heavy (non-hydrogen) atoms. The molecule has 2 rings (SSSR count). The van der Waals surface area contributed by atoms with Crippen molar-refractivity contribution in [3.63, 3.8) is 0 Å². The summed E-state index contributed by atoms with van der Waals surface area (Å²) >= 11 is 3.21. The minimum atomic E-state index is 0.166. The lowest BCUT2D eigenvalue weighted by Crippen LogP contribution is -2.02. The van der Waals surface area contributed by atoms with E-state index in [1.165, 1.54) is 18.1 Å². The maximum Gasteiger partial charge on any atom is 0.240 e. The largest absolute Gasteiger partial charge is 0.481 e. The summed E-state index contributed by atoms with van der Waals surface area (Å²) < 4.78 is 6.88. The second-order valence-corrected chi connectivity index (χ2v) is 3.28. The van der Waals surface area contributed by atoms with Gasteiger partial charge in [0.25, 0.3) is 0 Å². The fraction of sp³-hybridized carbons (Fsp3) is 0.143. The van der Waals surface area contributed by atoms with E-state index in [0.29, 0.717) is 16.4 Å². The van der Waals surface area contributed by atoms with Crippen LogP contribution in [0, 0.1) is 0 Å². The molecule has 2 aromatic rings. The molecule has 0 fully saturated rings. The van der Waals surface area contributed by atoms with Crippen LogP contribution in [0.5, 0.6) is 5.88 Å². The van der Waals surface area contributed by atoms with Gasteiger partial charge < -0.3 is 10.5 Å². The Bertz CT molecular complexity index is 484. The van der Waals surface area contributed by atoms with E-state index < -0.39 is 0 Å². The lowest BCUT2D eigenvalue weighted by atomic mass is 10.5. The Morgan fingerprint density at radius 1 is 1.47 bits per heavy atom. The molecule has 0 aliphatic heterocycles. The molecule has 0 radical (unpaired) electrons. The minimum Gasteiger partial charge on any atom is -0.481 e. The van der Waals surface area contributed by atoms with E-state index in [0.717, 1.165) is 0 Å². The Hall–Kier alpha value is -1.70. The van der Waals surface area contributed by atoms with Crippen molar-refractivity contribution >= 4 is 21.9 Å². The molecule has 78 valence electrons. The number of anilines is 1. The van der Waals surface area contributed by atoms with E-state index in [1.807, 2.05) is 0 Å². The van der Waals surface area contributed by atoms with Gasteiger partial charge in [0, 0.05) is 6.07 Å². The molecular formula is C7H7BrN6O. The number of rotatable bonds is 2. The first kappa shape index (κ1) is 9.84. The quantitative estimate of drug-likeness (QED) is 0.850. The molecule has 2 aromatic heterocycles. The number of halogens is 1. The topological polar surface area (TPSA) is 91.7 Å². The van der Waals surface area contributed by atoms with E-state index >= 15 is 0 Å². The van der Waals surface area contributed by atoms with E-state index in [4.69, 9.17) is 10.5 Å². The molecule has 0 amide bonds.